The predicted octanol–water partition coefficient (Wildman–Crippen LogP) is 8.11. The number of hydrogen-bond donors (Lipinski definition) is 1. The van der Waals surface area contributed by atoms with Crippen LogP contribution in [0.4, 0.5) is 21.9 Å². The van der Waals surface area contributed by atoms with Gasteiger partial charge in [0.2, 0.25) is 0 Å². The van der Waals surface area contributed by atoms with Gasteiger partial charge in [-0.05, 0) is 72.7 Å². The van der Waals surface area contributed by atoms with Crippen LogP contribution < -0.4 is 15.0 Å². The standard InChI is InChI=1S/C29H27N3O3S/c1-18-15-21(35-20-8-6-7-19(16-20)29(2)12-4-3-5-13-29)9-10-22(18)32-23-11-14-30-27-25(23)26(31-28(32)34)24(17-33)36-27/h6-11,14-17H,3-5,12-13H2,1-2H3,(H,31,34). The van der Waals surface area contributed by atoms with Gasteiger partial charge in [-0.1, -0.05) is 38.3 Å². The van der Waals surface area contributed by atoms with E-state index in [0.29, 0.717) is 16.3 Å². The van der Waals surface area contributed by atoms with E-state index in [2.05, 4.69) is 35.4 Å². The lowest BCUT2D eigenvalue weighted by molar-refractivity contribution is 0.112. The number of aryl methyl sites for hydroxylation is 1. The molecule has 2 aromatic carbocycles. The average molecular weight is 498 g/mol. The van der Waals surface area contributed by atoms with E-state index in [1.54, 1.807) is 11.1 Å². The van der Waals surface area contributed by atoms with E-state index in [0.717, 1.165) is 39.3 Å². The molecule has 1 N–H and O–H groups in total. The molecule has 36 heavy (non-hydrogen) atoms. The summed E-state index contributed by atoms with van der Waals surface area (Å²) in [7, 11) is 0. The zero-order chi connectivity index (χ0) is 24.9. The van der Waals surface area contributed by atoms with Gasteiger partial charge < -0.3 is 10.1 Å². The number of thiophene rings is 1. The van der Waals surface area contributed by atoms with Gasteiger partial charge in [-0.3, -0.25) is 9.69 Å². The molecule has 182 valence electrons. The van der Waals surface area contributed by atoms with Crippen LogP contribution in [0.1, 0.15) is 59.8 Å². The molecule has 0 unspecified atom stereocenters. The number of carbonyl (C=O) groups is 2. The number of carbonyl (C=O) groups excluding carboxylic acids is 2. The summed E-state index contributed by atoms with van der Waals surface area (Å²) < 4.78 is 6.27. The Morgan fingerprint density at radius 3 is 2.64 bits per heavy atom. The molecule has 0 radical (unpaired) electrons. The first-order chi connectivity index (χ1) is 17.5. The highest BCUT2D eigenvalue weighted by atomic mass is 32.1. The minimum Gasteiger partial charge on any atom is -0.457 e. The van der Waals surface area contributed by atoms with Crippen molar-refractivity contribution in [3.8, 4) is 11.5 Å². The van der Waals surface area contributed by atoms with E-state index in [-0.39, 0.29) is 11.4 Å². The molecule has 0 atom stereocenters. The van der Waals surface area contributed by atoms with Gasteiger partial charge in [0.25, 0.3) is 0 Å². The minimum absolute atomic E-state index is 0.207. The highest BCUT2D eigenvalue weighted by molar-refractivity contribution is 7.21. The lowest BCUT2D eigenvalue weighted by Gasteiger charge is -2.34. The van der Waals surface area contributed by atoms with Gasteiger partial charge in [-0.2, -0.15) is 0 Å². The van der Waals surface area contributed by atoms with Crippen molar-refractivity contribution in [3.05, 3.63) is 70.7 Å². The monoisotopic (exact) mass is 497 g/mol. The van der Waals surface area contributed by atoms with Crippen LogP contribution in [0, 0.1) is 6.92 Å². The molecular formula is C29H27N3O3S. The fraction of sp³-hybridized carbons (Fsp3) is 0.276. The molecule has 1 fully saturated rings. The molecular weight excluding hydrogens is 470 g/mol. The highest BCUT2D eigenvalue weighted by Crippen LogP contribution is 2.46. The van der Waals surface area contributed by atoms with Gasteiger partial charge in [0.1, 0.15) is 16.3 Å². The number of rotatable bonds is 5. The predicted molar refractivity (Wildman–Crippen MR) is 144 cm³/mol. The second-order valence-electron chi connectivity index (χ2n) is 9.93. The maximum atomic E-state index is 13.2. The number of anilines is 3. The van der Waals surface area contributed by atoms with Crippen LogP contribution in [0.15, 0.2) is 54.7 Å². The van der Waals surface area contributed by atoms with Crippen LogP contribution in [-0.2, 0) is 5.41 Å². The SMILES string of the molecule is Cc1cc(Oc2cccc(C3(C)CCCCC3)c2)ccc1N1C(=O)Nc2c(C=O)sc3nccc1c23. The van der Waals surface area contributed by atoms with Gasteiger partial charge in [-0.25, -0.2) is 9.78 Å². The van der Waals surface area contributed by atoms with Gasteiger partial charge in [-0.15, -0.1) is 11.3 Å². The van der Waals surface area contributed by atoms with Crippen molar-refractivity contribution in [2.24, 2.45) is 0 Å². The first-order valence-electron chi connectivity index (χ1n) is 12.3. The zero-order valence-electron chi connectivity index (χ0n) is 20.3. The summed E-state index contributed by atoms with van der Waals surface area (Å²) >= 11 is 1.28. The smallest absolute Gasteiger partial charge is 0.331 e. The van der Waals surface area contributed by atoms with Gasteiger partial charge in [0.15, 0.2) is 6.29 Å². The summed E-state index contributed by atoms with van der Waals surface area (Å²) in [4.78, 5) is 31.9. The van der Waals surface area contributed by atoms with Crippen molar-refractivity contribution in [1.82, 2.24) is 4.98 Å². The van der Waals surface area contributed by atoms with E-state index < -0.39 is 0 Å². The minimum atomic E-state index is -0.304. The third-order valence-corrected chi connectivity index (χ3v) is 8.54. The van der Waals surface area contributed by atoms with Crippen molar-refractivity contribution in [1.29, 1.82) is 0 Å². The topological polar surface area (TPSA) is 71.5 Å². The fourth-order valence-corrected chi connectivity index (χ4v) is 6.50. The van der Waals surface area contributed by atoms with E-state index in [4.69, 9.17) is 4.74 Å². The Morgan fingerprint density at radius 2 is 1.86 bits per heavy atom. The summed E-state index contributed by atoms with van der Waals surface area (Å²) in [5, 5.41) is 3.68. The second kappa shape index (κ2) is 8.75. The molecule has 6 nitrogen and oxygen atoms in total. The highest BCUT2D eigenvalue weighted by Gasteiger charge is 2.32. The molecule has 1 saturated carbocycles. The van der Waals surface area contributed by atoms with Crippen molar-refractivity contribution in [2.45, 2.75) is 51.4 Å². The number of amides is 2. The Balaban J connectivity index is 1.31. The van der Waals surface area contributed by atoms with Crippen molar-refractivity contribution < 1.29 is 14.3 Å². The lowest BCUT2D eigenvalue weighted by atomic mass is 9.71. The Kier molecular flexibility index (Phi) is 5.52. The molecule has 6 rings (SSSR count). The summed E-state index contributed by atoms with van der Waals surface area (Å²) in [5.74, 6) is 1.54. The maximum absolute atomic E-state index is 13.2. The molecule has 2 aromatic heterocycles. The van der Waals surface area contributed by atoms with E-state index >= 15 is 0 Å². The summed E-state index contributed by atoms with van der Waals surface area (Å²) in [5.41, 5.74) is 4.45. The van der Waals surface area contributed by atoms with Crippen LogP contribution >= 0.6 is 11.3 Å². The largest absolute Gasteiger partial charge is 0.457 e. The number of aldehydes is 1. The van der Waals surface area contributed by atoms with E-state index in [1.165, 1.54) is 49.0 Å². The van der Waals surface area contributed by atoms with Crippen LogP contribution in [0.3, 0.4) is 0 Å². The molecule has 2 amide bonds. The second-order valence-corrected chi connectivity index (χ2v) is 11.0. The fourth-order valence-electron chi connectivity index (χ4n) is 5.56. The van der Waals surface area contributed by atoms with Crippen LogP contribution in [0.2, 0.25) is 0 Å². The van der Waals surface area contributed by atoms with Gasteiger partial charge in [0.05, 0.1) is 27.3 Å². The number of nitrogens with zero attached hydrogens (tertiary/aromatic N) is 2. The molecule has 4 aromatic rings. The van der Waals surface area contributed by atoms with Crippen molar-refractivity contribution >= 4 is 50.9 Å². The average Bonchev–Trinajstić information content (AvgIpc) is 3.24. The molecule has 0 saturated heterocycles. The number of urea groups is 1. The Labute approximate surface area is 213 Å². The molecule has 3 heterocycles. The first kappa shape index (κ1) is 22.7. The number of pyridine rings is 1. The molecule has 2 aliphatic rings. The van der Waals surface area contributed by atoms with Crippen molar-refractivity contribution in [2.75, 3.05) is 10.2 Å². The number of ether oxygens (including phenoxy) is 1. The molecule has 0 bridgehead atoms. The van der Waals surface area contributed by atoms with Gasteiger partial charge >= 0.3 is 6.03 Å². The Bertz CT molecular complexity index is 1500. The Hall–Kier alpha value is -3.71. The first-order valence-corrected chi connectivity index (χ1v) is 13.2. The lowest BCUT2D eigenvalue weighted by Crippen LogP contribution is -2.34. The quantitative estimate of drug-likeness (QED) is 0.283. The third-order valence-electron chi connectivity index (χ3n) is 7.51. The molecule has 1 aliphatic heterocycles. The molecule has 7 heteroatoms. The summed E-state index contributed by atoms with van der Waals surface area (Å²) in [6, 6.07) is 15.7. The number of aromatic nitrogens is 1. The zero-order valence-corrected chi connectivity index (χ0v) is 21.2. The third kappa shape index (κ3) is 3.75. The Morgan fingerprint density at radius 1 is 1.06 bits per heavy atom. The normalized spacial score (nSPS) is 16.6. The molecule has 0 spiro atoms. The van der Waals surface area contributed by atoms with Crippen LogP contribution in [0.25, 0.3) is 10.2 Å². The van der Waals surface area contributed by atoms with Crippen LogP contribution in [0.5, 0.6) is 11.5 Å². The van der Waals surface area contributed by atoms with E-state index in [1.807, 2.05) is 37.3 Å². The van der Waals surface area contributed by atoms with E-state index in [9.17, 15) is 9.59 Å². The summed E-state index contributed by atoms with van der Waals surface area (Å²) in [6.45, 7) is 4.33. The summed E-state index contributed by atoms with van der Waals surface area (Å²) in [6.07, 6.45) is 8.74. The van der Waals surface area contributed by atoms with Gasteiger partial charge in [0, 0.05) is 6.20 Å². The number of benzene rings is 2. The van der Waals surface area contributed by atoms with Crippen molar-refractivity contribution in [3.63, 3.8) is 0 Å². The number of hydrogen-bond acceptors (Lipinski definition) is 5. The van der Waals surface area contributed by atoms with Crippen LogP contribution in [-0.4, -0.2) is 17.3 Å². The maximum Gasteiger partial charge on any atom is 0.331 e. The number of nitrogens with one attached hydrogen (secondary N) is 1. The molecule has 1 aliphatic carbocycles.